The maximum absolute atomic E-state index is 14.1. The molecule has 11 nitrogen and oxygen atoms in total. The van der Waals surface area contributed by atoms with Crippen molar-refractivity contribution in [2.75, 3.05) is 18.4 Å². The molecule has 0 aliphatic heterocycles. The molecule has 0 saturated heterocycles. The van der Waals surface area contributed by atoms with Crippen LogP contribution in [-0.2, 0) is 48.6 Å². The first-order valence-electron chi connectivity index (χ1n) is 15.6. The summed E-state index contributed by atoms with van der Waals surface area (Å²) in [5.74, 6) is -3.30. The number of hydrogen-bond acceptors (Lipinski definition) is 8. The van der Waals surface area contributed by atoms with E-state index < -0.39 is 40.3 Å². The number of rotatable bonds is 19. The zero-order chi connectivity index (χ0) is 35.1. The molecule has 0 saturated carbocycles. The summed E-state index contributed by atoms with van der Waals surface area (Å²) in [6.07, 6.45) is -0.553. The average Bonchev–Trinajstić information content (AvgIpc) is 3.11. The van der Waals surface area contributed by atoms with E-state index in [0.29, 0.717) is 18.5 Å². The number of carboxylic acids is 1. The van der Waals surface area contributed by atoms with Gasteiger partial charge in [-0.2, -0.15) is 9.11 Å². The van der Waals surface area contributed by atoms with E-state index in [4.69, 9.17) is 14.6 Å². The number of carbonyl (C=O) groups excluding carboxylic acids is 2. The van der Waals surface area contributed by atoms with Crippen LogP contribution in [0.4, 0.5) is 10.1 Å². The lowest BCUT2D eigenvalue weighted by molar-refractivity contribution is -0.153. The lowest BCUT2D eigenvalue weighted by Crippen LogP contribution is -2.48. The fourth-order valence-corrected chi connectivity index (χ4v) is 5.99. The number of nitrogens with one attached hydrogen (secondary N) is 3. The third-order valence-corrected chi connectivity index (χ3v) is 8.76. The van der Waals surface area contributed by atoms with Crippen molar-refractivity contribution in [3.8, 4) is 5.75 Å². The number of aliphatic carboxylic acids is 1. The molecule has 4 aromatic rings. The molecule has 0 bridgehead atoms. The van der Waals surface area contributed by atoms with Gasteiger partial charge in [0.2, 0.25) is 15.9 Å². The Labute approximate surface area is 284 Å². The molecule has 1 amide bonds. The monoisotopic (exact) mass is 691 g/mol. The zero-order valence-corrected chi connectivity index (χ0v) is 27.4. The molecule has 0 aromatic heterocycles. The highest BCUT2D eigenvalue weighted by Gasteiger charge is 2.27. The van der Waals surface area contributed by atoms with Gasteiger partial charge in [0.25, 0.3) is 0 Å². The Morgan fingerprint density at radius 1 is 0.796 bits per heavy atom. The van der Waals surface area contributed by atoms with Gasteiger partial charge < -0.3 is 25.2 Å². The van der Waals surface area contributed by atoms with Crippen LogP contribution >= 0.6 is 0 Å². The van der Waals surface area contributed by atoms with E-state index in [-0.39, 0.29) is 35.9 Å². The summed E-state index contributed by atoms with van der Waals surface area (Å²) in [7, 11) is -4.12. The second-order valence-electron chi connectivity index (χ2n) is 11.0. The maximum atomic E-state index is 14.1. The van der Waals surface area contributed by atoms with Crippen molar-refractivity contribution in [2.45, 2.75) is 49.6 Å². The number of anilines is 1. The SMILES string of the molecule is O=C(CNc1cc(C[C@H](NS(=O)(=O)c2ccccc2)C(=O)NCCCCc2ccccc2)ccc1OC(F)C(=O)O)OCc1ccccc1. The smallest absolute Gasteiger partial charge is 0.378 e. The van der Waals surface area contributed by atoms with E-state index in [1.807, 2.05) is 36.4 Å². The number of aryl methyl sites for hydroxylation is 1. The number of alkyl halides is 1. The van der Waals surface area contributed by atoms with Crippen LogP contribution in [-0.4, -0.2) is 56.9 Å². The van der Waals surface area contributed by atoms with Crippen LogP contribution in [0.1, 0.15) is 29.5 Å². The first kappa shape index (κ1) is 36.6. The quantitative estimate of drug-likeness (QED) is 0.0812. The third-order valence-electron chi connectivity index (χ3n) is 7.28. The number of benzene rings is 4. The van der Waals surface area contributed by atoms with Crippen molar-refractivity contribution in [2.24, 2.45) is 0 Å². The average molecular weight is 692 g/mol. The van der Waals surface area contributed by atoms with E-state index in [0.717, 1.165) is 18.4 Å². The molecule has 4 N–H and O–H groups in total. The number of carbonyl (C=O) groups is 3. The van der Waals surface area contributed by atoms with Crippen molar-refractivity contribution in [1.82, 2.24) is 10.0 Å². The molecule has 258 valence electrons. The number of hydrogen-bond donors (Lipinski definition) is 4. The Hall–Kier alpha value is -5.27. The fraction of sp³-hybridized carbons (Fsp3) is 0.250. The normalized spacial score (nSPS) is 12.3. The van der Waals surface area contributed by atoms with Crippen LogP contribution < -0.4 is 20.1 Å². The van der Waals surface area contributed by atoms with E-state index in [9.17, 15) is 27.2 Å². The lowest BCUT2D eigenvalue weighted by Gasteiger charge is -2.20. The molecule has 0 aliphatic carbocycles. The molecule has 2 atom stereocenters. The van der Waals surface area contributed by atoms with Crippen molar-refractivity contribution in [3.63, 3.8) is 0 Å². The van der Waals surface area contributed by atoms with Crippen LogP contribution in [0.3, 0.4) is 0 Å². The minimum Gasteiger partial charge on any atom is -0.476 e. The number of sulfonamides is 1. The molecular weight excluding hydrogens is 653 g/mol. The fourth-order valence-electron chi connectivity index (χ4n) is 4.78. The van der Waals surface area contributed by atoms with Gasteiger partial charge in [-0.25, -0.2) is 13.2 Å². The summed E-state index contributed by atoms with van der Waals surface area (Å²) < 4.78 is 53.3. The lowest BCUT2D eigenvalue weighted by atomic mass is 10.0. The van der Waals surface area contributed by atoms with Crippen LogP contribution in [0.25, 0.3) is 0 Å². The molecule has 4 rings (SSSR count). The minimum atomic E-state index is -4.12. The highest BCUT2D eigenvalue weighted by molar-refractivity contribution is 7.89. The van der Waals surface area contributed by atoms with E-state index in [1.54, 1.807) is 42.5 Å². The first-order valence-corrected chi connectivity index (χ1v) is 17.1. The van der Waals surface area contributed by atoms with Crippen LogP contribution in [0, 0.1) is 0 Å². The van der Waals surface area contributed by atoms with Gasteiger partial charge in [-0.1, -0.05) is 84.9 Å². The van der Waals surface area contributed by atoms with Crippen LogP contribution in [0.15, 0.2) is 114 Å². The molecule has 1 unspecified atom stereocenters. The van der Waals surface area contributed by atoms with Gasteiger partial charge in [0.15, 0.2) is 0 Å². The Morgan fingerprint density at radius 3 is 2.08 bits per heavy atom. The van der Waals surface area contributed by atoms with Crippen LogP contribution in [0.5, 0.6) is 5.75 Å². The van der Waals surface area contributed by atoms with Crippen molar-refractivity contribution in [3.05, 3.63) is 126 Å². The Morgan fingerprint density at radius 2 is 1.43 bits per heavy atom. The molecular formula is C36H38FN3O8S. The number of unbranched alkanes of at least 4 members (excludes halogenated alkanes) is 1. The van der Waals surface area contributed by atoms with Gasteiger partial charge in [-0.05, 0) is 66.6 Å². The number of amides is 1. The van der Waals surface area contributed by atoms with Gasteiger partial charge in [0, 0.05) is 6.54 Å². The third kappa shape index (κ3) is 12.0. The molecule has 0 fully saturated rings. The Balaban J connectivity index is 1.48. The van der Waals surface area contributed by atoms with Gasteiger partial charge >= 0.3 is 18.3 Å². The predicted molar refractivity (Wildman–Crippen MR) is 181 cm³/mol. The first-order chi connectivity index (χ1) is 23.6. The van der Waals surface area contributed by atoms with E-state index in [2.05, 4.69) is 15.4 Å². The van der Waals surface area contributed by atoms with Gasteiger partial charge in [-0.3, -0.25) is 9.59 Å². The van der Waals surface area contributed by atoms with Crippen LogP contribution in [0.2, 0.25) is 0 Å². The maximum Gasteiger partial charge on any atom is 0.378 e. The second kappa shape index (κ2) is 18.3. The van der Waals surface area contributed by atoms with Crippen molar-refractivity contribution < 1.29 is 41.8 Å². The molecule has 0 radical (unpaired) electrons. The standard InChI is InChI=1S/C36H38FN3O8S/c37-34(36(43)44)48-32-20-19-28(22-30(32)39-24-33(41)47-25-27-15-6-2-7-16-27)23-31(40-49(45,46)29-17-8-3-9-18-29)35(42)38-21-11-10-14-26-12-4-1-5-13-26/h1-9,12-13,15-20,22,31,34,39-40H,10-11,14,21,23-25H2,(H,38,42)(H,43,44)/t31-,34?/m0/s1. The summed E-state index contributed by atoms with van der Waals surface area (Å²) in [4.78, 5) is 37.0. The highest BCUT2D eigenvalue weighted by Crippen LogP contribution is 2.28. The number of carboxylic acid groups (broad SMARTS) is 1. The van der Waals surface area contributed by atoms with Crippen molar-refractivity contribution in [1.29, 1.82) is 0 Å². The Bertz CT molecular complexity index is 1780. The zero-order valence-electron chi connectivity index (χ0n) is 26.6. The molecule has 13 heteroatoms. The highest BCUT2D eigenvalue weighted by atomic mass is 32.2. The largest absolute Gasteiger partial charge is 0.476 e. The molecule has 0 heterocycles. The summed E-state index contributed by atoms with van der Waals surface area (Å²) in [6.45, 7) is -0.0574. The second-order valence-corrected chi connectivity index (χ2v) is 12.7. The van der Waals surface area contributed by atoms with E-state index in [1.165, 1.54) is 35.9 Å². The minimum absolute atomic E-state index is 0.0148. The van der Waals surface area contributed by atoms with Gasteiger partial charge in [0.05, 0.1) is 10.6 Å². The summed E-state index contributed by atoms with van der Waals surface area (Å²) in [5, 5.41) is 14.6. The topological polar surface area (TPSA) is 160 Å². The predicted octanol–water partition coefficient (Wildman–Crippen LogP) is 4.63. The molecule has 0 aliphatic rings. The number of halogens is 1. The molecule has 49 heavy (non-hydrogen) atoms. The summed E-state index contributed by atoms with van der Waals surface area (Å²) in [5.41, 5.74) is 2.37. The number of esters is 1. The molecule has 0 spiro atoms. The van der Waals surface area contributed by atoms with Crippen molar-refractivity contribution >= 4 is 33.6 Å². The number of ether oxygens (including phenoxy) is 2. The summed E-state index contributed by atoms with van der Waals surface area (Å²) >= 11 is 0. The van der Waals surface area contributed by atoms with E-state index >= 15 is 0 Å². The summed E-state index contributed by atoms with van der Waals surface area (Å²) in [6, 6.07) is 29.4. The van der Waals surface area contributed by atoms with Gasteiger partial charge in [0.1, 0.15) is 24.9 Å². The molecule has 4 aromatic carbocycles. The van der Waals surface area contributed by atoms with Gasteiger partial charge in [-0.15, -0.1) is 0 Å². The Kier molecular flexibility index (Phi) is 13.7.